The number of hydrogen-bond donors (Lipinski definition) is 0. The lowest BCUT2D eigenvalue weighted by atomic mass is 10.2. The number of hydrogen-bond acceptors (Lipinski definition) is 6. The highest BCUT2D eigenvalue weighted by molar-refractivity contribution is 8.01. The Morgan fingerprint density at radius 2 is 2.17 bits per heavy atom. The summed E-state index contributed by atoms with van der Waals surface area (Å²) in [5, 5.41) is 10.6. The fraction of sp³-hybridized carbons (Fsp3) is 0.600. The van der Waals surface area contributed by atoms with Crippen molar-refractivity contribution in [2.75, 3.05) is 18.8 Å². The van der Waals surface area contributed by atoms with Crippen molar-refractivity contribution in [3.8, 4) is 0 Å². The smallest absolute Gasteiger partial charge is 0.233 e. The number of amides is 1. The molecule has 124 valence electrons. The molecule has 1 amide bonds. The number of fused-ring (bicyclic) bond motifs is 1. The second kappa shape index (κ2) is 7.00. The maximum Gasteiger partial charge on any atom is 0.233 e. The van der Waals surface area contributed by atoms with Crippen LogP contribution in [-0.4, -0.2) is 49.4 Å². The maximum absolute atomic E-state index is 12.5. The molecule has 0 aromatic carbocycles. The molecule has 0 saturated heterocycles. The molecule has 0 unspecified atom stereocenters. The Kier molecular flexibility index (Phi) is 5.01. The predicted molar refractivity (Wildman–Crippen MR) is 92.0 cm³/mol. The average molecular weight is 352 g/mol. The van der Waals surface area contributed by atoms with Crippen LogP contribution >= 0.6 is 23.1 Å². The first-order valence-electron chi connectivity index (χ1n) is 7.79. The van der Waals surface area contributed by atoms with Crippen LogP contribution in [0.4, 0.5) is 0 Å². The standard InChI is InChI=1S/C15H21N5OS2/c1-10(2)14-18-17-12-4-5-19(6-7-20(12)14)13(21)9-23-15-16-11(3)8-22-15/h8,10H,4-7,9H2,1-3H3. The first-order valence-corrected chi connectivity index (χ1v) is 9.66. The van der Waals surface area contributed by atoms with Crippen LogP contribution < -0.4 is 0 Å². The van der Waals surface area contributed by atoms with E-state index in [1.165, 1.54) is 11.8 Å². The Morgan fingerprint density at radius 3 is 2.87 bits per heavy atom. The fourth-order valence-corrected chi connectivity index (χ4v) is 4.39. The lowest BCUT2D eigenvalue weighted by Crippen LogP contribution is -2.35. The summed E-state index contributed by atoms with van der Waals surface area (Å²) in [6, 6.07) is 0. The minimum absolute atomic E-state index is 0.174. The van der Waals surface area contributed by atoms with Crippen LogP contribution in [0.15, 0.2) is 9.72 Å². The summed E-state index contributed by atoms with van der Waals surface area (Å²) < 4.78 is 3.14. The van der Waals surface area contributed by atoms with E-state index in [0.717, 1.165) is 41.2 Å². The highest BCUT2D eigenvalue weighted by Gasteiger charge is 2.22. The van der Waals surface area contributed by atoms with Gasteiger partial charge in [0.05, 0.1) is 5.75 Å². The van der Waals surface area contributed by atoms with E-state index in [4.69, 9.17) is 0 Å². The topological polar surface area (TPSA) is 63.9 Å². The van der Waals surface area contributed by atoms with Crippen molar-refractivity contribution in [3.63, 3.8) is 0 Å². The number of carbonyl (C=O) groups excluding carboxylic acids is 1. The molecule has 0 saturated carbocycles. The van der Waals surface area contributed by atoms with Gasteiger partial charge < -0.3 is 9.47 Å². The molecule has 1 aliphatic heterocycles. The number of thioether (sulfide) groups is 1. The SMILES string of the molecule is Cc1csc(SCC(=O)N2CCc3nnc(C(C)C)n3CC2)n1. The predicted octanol–water partition coefficient (Wildman–Crippen LogP) is 2.34. The van der Waals surface area contributed by atoms with Crippen LogP contribution in [0.2, 0.25) is 0 Å². The van der Waals surface area contributed by atoms with E-state index in [0.29, 0.717) is 18.2 Å². The monoisotopic (exact) mass is 351 g/mol. The molecule has 1 aliphatic rings. The second-order valence-electron chi connectivity index (χ2n) is 5.96. The van der Waals surface area contributed by atoms with Gasteiger partial charge in [-0.15, -0.1) is 21.5 Å². The molecular weight excluding hydrogens is 330 g/mol. The van der Waals surface area contributed by atoms with Gasteiger partial charge in [-0.05, 0) is 6.92 Å². The number of carbonyl (C=O) groups is 1. The second-order valence-corrected chi connectivity index (χ2v) is 8.04. The van der Waals surface area contributed by atoms with Crippen LogP contribution in [0.5, 0.6) is 0 Å². The number of thiazole rings is 1. The van der Waals surface area contributed by atoms with Gasteiger partial charge in [0.15, 0.2) is 4.34 Å². The van der Waals surface area contributed by atoms with Gasteiger partial charge in [-0.25, -0.2) is 4.98 Å². The Morgan fingerprint density at radius 1 is 1.35 bits per heavy atom. The van der Waals surface area contributed by atoms with Crippen LogP contribution in [-0.2, 0) is 17.8 Å². The summed E-state index contributed by atoms with van der Waals surface area (Å²) >= 11 is 3.12. The molecule has 23 heavy (non-hydrogen) atoms. The molecule has 3 rings (SSSR count). The van der Waals surface area contributed by atoms with Crippen molar-refractivity contribution in [3.05, 3.63) is 22.7 Å². The molecule has 2 aromatic heterocycles. The number of aryl methyl sites for hydroxylation is 1. The van der Waals surface area contributed by atoms with Crippen molar-refractivity contribution in [2.24, 2.45) is 0 Å². The third-order valence-electron chi connectivity index (χ3n) is 3.84. The van der Waals surface area contributed by atoms with Crippen molar-refractivity contribution in [2.45, 2.75) is 44.0 Å². The van der Waals surface area contributed by atoms with E-state index in [1.54, 1.807) is 11.3 Å². The third kappa shape index (κ3) is 3.74. The maximum atomic E-state index is 12.5. The molecule has 0 spiro atoms. The van der Waals surface area contributed by atoms with E-state index in [2.05, 4.69) is 33.6 Å². The zero-order valence-electron chi connectivity index (χ0n) is 13.7. The highest BCUT2D eigenvalue weighted by atomic mass is 32.2. The molecular formula is C15H21N5OS2. The van der Waals surface area contributed by atoms with E-state index in [9.17, 15) is 4.79 Å². The van der Waals surface area contributed by atoms with E-state index in [1.807, 2.05) is 17.2 Å². The summed E-state index contributed by atoms with van der Waals surface area (Å²) in [5.41, 5.74) is 1.01. The van der Waals surface area contributed by atoms with E-state index >= 15 is 0 Å². The van der Waals surface area contributed by atoms with Crippen molar-refractivity contribution in [1.82, 2.24) is 24.6 Å². The van der Waals surface area contributed by atoms with Gasteiger partial charge in [0, 0.05) is 43.0 Å². The van der Waals surface area contributed by atoms with E-state index in [-0.39, 0.29) is 5.91 Å². The zero-order valence-corrected chi connectivity index (χ0v) is 15.3. The minimum atomic E-state index is 0.174. The third-order valence-corrected chi connectivity index (χ3v) is 5.96. The Labute approximate surface area is 144 Å². The molecule has 0 atom stereocenters. The number of nitrogens with zero attached hydrogens (tertiary/aromatic N) is 5. The first kappa shape index (κ1) is 16.4. The van der Waals surface area contributed by atoms with Gasteiger partial charge in [0.1, 0.15) is 11.6 Å². The Bertz CT molecular complexity index is 694. The Balaban J connectivity index is 1.59. The molecule has 3 heterocycles. The molecule has 6 nitrogen and oxygen atoms in total. The summed E-state index contributed by atoms with van der Waals surface area (Å²) in [5.74, 6) is 2.98. The largest absolute Gasteiger partial charge is 0.340 e. The van der Waals surface area contributed by atoms with Gasteiger partial charge in [-0.2, -0.15) is 0 Å². The molecule has 0 N–H and O–H groups in total. The van der Waals surface area contributed by atoms with Crippen molar-refractivity contribution < 1.29 is 4.79 Å². The molecule has 0 radical (unpaired) electrons. The van der Waals surface area contributed by atoms with Gasteiger partial charge in [-0.1, -0.05) is 25.6 Å². The quantitative estimate of drug-likeness (QED) is 0.791. The lowest BCUT2D eigenvalue weighted by Gasteiger charge is -2.19. The normalized spacial score (nSPS) is 14.9. The molecule has 0 fully saturated rings. The number of aromatic nitrogens is 4. The summed E-state index contributed by atoms with van der Waals surface area (Å²) in [6.07, 6.45) is 0.770. The minimum Gasteiger partial charge on any atom is -0.340 e. The molecule has 2 aromatic rings. The van der Waals surface area contributed by atoms with Crippen LogP contribution in [0, 0.1) is 6.92 Å². The molecule has 8 heteroatoms. The van der Waals surface area contributed by atoms with Crippen molar-refractivity contribution >= 4 is 29.0 Å². The van der Waals surface area contributed by atoms with Crippen molar-refractivity contribution in [1.29, 1.82) is 0 Å². The van der Waals surface area contributed by atoms with Gasteiger partial charge in [0.25, 0.3) is 0 Å². The lowest BCUT2D eigenvalue weighted by molar-refractivity contribution is -0.128. The van der Waals surface area contributed by atoms with Gasteiger partial charge in [-0.3, -0.25) is 4.79 Å². The first-order chi connectivity index (χ1) is 11.0. The Hall–Kier alpha value is -1.41. The van der Waals surface area contributed by atoms with Gasteiger partial charge in [0.2, 0.25) is 5.91 Å². The fourth-order valence-electron chi connectivity index (χ4n) is 2.64. The average Bonchev–Trinajstić information content (AvgIpc) is 3.06. The zero-order chi connectivity index (χ0) is 16.4. The van der Waals surface area contributed by atoms with Crippen LogP contribution in [0.1, 0.15) is 37.1 Å². The summed E-state index contributed by atoms with van der Waals surface area (Å²) in [7, 11) is 0. The molecule has 0 aliphatic carbocycles. The van der Waals surface area contributed by atoms with E-state index < -0.39 is 0 Å². The van der Waals surface area contributed by atoms with Crippen LogP contribution in [0.3, 0.4) is 0 Å². The van der Waals surface area contributed by atoms with Gasteiger partial charge >= 0.3 is 0 Å². The van der Waals surface area contributed by atoms with Crippen LogP contribution in [0.25, 0.3) is 0 Å². The molecule has 0 bridgehead atoms. The summed E-state index contributed by atoms with van der Waals surface area (Å²) in [4.78, 5) is 18.8. The summed E-state index contributed by atoms with van der Waals surface area (Å²) in [6.45, 7) is 8.44. The number of rotatable bonds is 4. The highest BCUT2D eigenvalue weighted by Crippen LogP contribution is 2.23.